The van der Waals surface area contributed by atoms with Crippen LogP contribution in [0.25, 0.3) is 0 Å². The van der Waals surface area contributed by atoms with Crippen molar-refractivity contribution in [2.45, 2.75) is 30.2 Å². The first kappa shape index (κ1) is 10.8. The van der Waals surface area contributed by atoms with Gasteiger partial charge in [-0.05, 0) is 5.92 Å². The lowest BCUT2D eigenvalue weighted by Crippen LogP contribution is -2.31. The first-order valence-electron chi connectivity index (χ1n) is 3.14. The second kappa shape index (κ2) is 4.01. The predicted molar refractivity (Wildman–Crippen MR) is 45.8 cm³/mol. The fraction of sp³-hybridized carbons (Fsp3) is 1.00. The predicted octanol–water partition coefficient (Wildman–Crippen LogP) is 2.76. The maximum Gasteiger partial charge on any atom is 0.216 e. The maximum absolute atomic E-state index is 9.26. The van der Waals surface area contributed by atoms with Crippen molar-refractivity contribution in [2.24, 2.45) is 5.92 Å². The molecule has 2 atom stereocenters. The van der Waals surface area contributed by atoms with Gasteiger partial charge in [0.25, 0.3) is 0 Å². The standard InChI is InChI=1S/C6H11Cl3O/c1-3-4(2)5(10)6(7,8)9/h4-5,10H,3H2,1-2H3. The molecule has 1 N–H and O–H groups in total. The molecule has 0 rings (SSSR count). The lowest BCUT2D eigenvalue weighted by molar-refractivity contribution is 0.118. The first-order valence-corrected chi connectivity index (χ1v) is 4.27. The van der Waals surface area contributed by atoms with Crippen LogP contribution in [0.3, 0.4) is 0 Å². The van der Waals surface area contributed by atoms with Crippen molar-refractivity contribution in [3.63, 3.8) is 0 Å². The van der Waals surface area contributed by atoms with E-state index in [1.165, 1.54) is 0 Å². The van der Waals surface area contributed by atoms with Gasteiger partial charge in [-0.2, -0.15) is 0 Å². The average molecular weight is 206 g/mol. The van der Waals surface area contributed by atoms with Gasteiger partial charge < -0.3 is 5.11 Å². The highest BCUT2D eigenvalue weighted by Crippen LogP contribution is 2.34. The number of alkyl halides is 3. The number of aliphatic hydroxyl groups excluding tert-OH is 1. The number of hydrogen-bond acceptors (Lipinski definition) is 1. The molecule has 0 saturated heterocycles. The molecule has 0 spiro atoms. The normalized spacial score (nSPS) is 18.6. The van der Waals surface area contributed by atoms with Crippen LogP contribution in [0.1, 0.15) is 20.3 Å². The van der Waals surface area contributed by atoms with E-state index in [4.69, 9.17) is 34.8 Å². The Bertz CT molecular complexity index is 99.7. The molecule has 0 aliphatic carbocycles. The molecule has 0 amide bonds. The van der Waals surface area contributed by atoms with Crippen LogP contribution in [0.15, 0.2) is 0 Å². The molecular formula is C6H11Cl3O. The van der Waals surface area contributed by atoms with Crippen LogP contribution < -0.4 is 0 Å². The van der Waals surface area contributed by atoms with Crippen LogP contribution >= 0.6 is 34.8 Å². The van der Waals surface area contributed by atoms with E-state index in [1.807, 2.05) is 13.8 Å². The number of hydrogen-bond donors (Lipinski definition) is 1. The summed E-state index contributed by atoms with van der Waals surface area (Å²) in [7, 11) is 0. The molecule has 1 nitrogen and oxygen atoms in total. The molecule has 0 bridgehead atoms. The smallest absolute Gasteiger partial charge is 0.216 e. The van der Waals surface area contributed by atoms with Crippen molar-refractivity contribution in [3.8, 4) is 0 Å². The highest BCUT2D eigenvalue weighted by atomic mass is 35.6. The zero-order chi connectivity index (χ0) is 8.36. The summed E-state index contributed by atoms with van der Waals surface area (Å²) < 4.78 is -1.55. The van der Waals surface area contributed by atoms with Gasteiger partial charge in [0, 0.05) is 0 Å². The zero-order valence-electron chi connectivity index (χ0n) is 5.94. The minimum Gasteiger partial charge on any atom is -0.388 e. The molecule has 10 heavy (non-hydrogen) atoms. The van der Waals surface area contributed by atoms with Gasteiger partial charge in [-0.15, -0.1) is 0 Å². The van der Waals surface area contributed by atoms with Crippen LogP contribution in [0.4, 0.5) is 0 Å². The fourth-order valence-electron chi connectivity index (χ4n) is 0.546. The van der Waals surface area contributed by atoms with Crippen LogP contribution in [0.2, 0.25) is 0 Å². The first-order chi connectivity index (χ1) is 4.39. The third kappa shape index (κ3) is 3.29. The van der Waals surface area contributed by atoms with Gasteiger partial charge in [-0.1, -0.05) is 55.1 Å². The molecule has 0 aromatic rings. The molecule has 0 aromatic heterocycles. The van der Waals surface area contributed by atoms with Gasteiger partial charge in [0.15, 0.2) is 0 Å². The Balaban J connectivity index is 3.94. The molecule has 0 heterocycles. The molecule has 62 valence electrons. The van der Waals surface area contributed by atoms with Gasteiger partial charge in [0.2, 0.25) is 3.79 Å². The number of aliphatic hydroxyl groups is 1. The summed E-state index contributed by atoms with van der Waals surface area (Å²) >= 11 is 16.3. The van der Waals surface area contributed by atoms with E-state index >= 15 is 0 Å². The SMILES string of the molecule is CCC(C)C(O)C(Cl)(Cl)Cl. The van der Waals surface area contributed by atoms with Crippen molar-refractivity contribution in [3.05, 3.63) is 0 Å². The third-order valence-corrected chi connectivity index (χ3v) is 2.19. The zero-order valence-corrected chi connectivity index (χ0v) is 8.21. The summed E-state index contributed by atoms with van der Waals surface area (Å²) in [5, 5.41) is 9.26. The Morgan fingerprint density at radius 2 is 1.80 bits per heavy atom. The molecule has 0 aromatic carbocycles. The highest BCUT2D eigenvalue weighted by Gasteiger charge is 2.33. The minimum absolute atomic E-state index is 0.0208. The summed E-state index contributed by atoms with van der Waals surface area (Å²) in [6, 6.07) is 0. The molecule has 0 radical (unpaired) electrons. The van der Waals surface area contributed by atoms with Gasteiger partial charge in [-0.25, -0.2) is 0 Å². The van der Waals surface area contributed by atoms with Crippen molar-refractivity contribution >= 4 is 34.8 Å². The van der Waals surface area contributed by atoms with E-state index in [0.29, 0.717) is 0 Å². The fourth-order valence-corrected chi connectivity index (χ4v) is 1.19. The van der Waals surface area contributed by atoms with Crippen molar-refractivity contribution in [1.82, 2.24) is 0 Å². The van der Waals surface area contributed by atoms with Crippen LogP contribution in [-0.4, -0.2) is 15.0 Å². The minimum atomic E-state index is -1.55. The number of halogens is 3. The van der Waals surface area contributed by atoms with Gasteiger partial charge >= 0.3 is 0 Å². The van der Waals surface area contributed by atoms with E-state index < -0.39 is 9.90 Å². The highest BCUT2D eigenvalue weighted by molar-refractivity contribution is 6.68. The average Bonchev–Trinajstić information content (AvgIpc) is 1.83. The Morgan fingerprint density at radius 1 is 1.40 bits per heavy atom. The Labute approximate surface area is 76.3 Å². The van der Waals surface area contributed by atoms with Crippen LogP contribution in [0.5, 0.6) is 0 Å². The largest absolute Gasteiger partial charge is 0.388 e. The molecule has 0 fully saturated rings. The Hall–Kier alpha value is 0.830. The topological polar surface area (TPSA) is 20.2 Å². The van der Waals surface area contributed by atoms with Gasteiger partial charge in [-0.3, -0.25) is 0 Å². The van der Waals surface area contributed by atoms with E-state index in [2.05, 4.69) is 0 Å². The van der Waals surface area contributed by atoms with E-state index in [9.17, 15) is 5.11 Å². The monoisotopic (exact) mass is 204 g/mol. The van der Waals surface area contributed by atoms with Crippen LogP contribution in [-0.2, 0) is 0 Å². The summed E-state index contributed by atoms with van der Waals surface area (Å²) in [6.45, 7) is 3.77. The molecular weight excluding hydrogens is 194 g/mol. The second-order valence-electron chi connectivity index (χ2n) is 2.37. The summed E-state index contributed by atoms with van der Waals surface area (Å²) in [5.74, 6) is 0.0208. The van der Waals surface area contributed by atoms with E-state index in [0.717, 1.165) is 6.42 Å². The Kier molecular flexibility index (Phi) is 4.34. The number of rotatable bonds is 2. The van der Waals surface area contributed by atoms with Gasteiger partial charge in [0.1, 0.15) is 6.10 Å². The van der Waals surface area contributed by atoms with E-state index in [-0.39, 0.29) is 5.92 Å². The maximum atomic E-state index is 9.26. The quantitative estimate of drug-likeness (QED) is 0.688. The molecule has 0 aliphatic rings. The van der Waals surface area contributed by atoms with E-state index in [1.54, 1.807) is 0 Å². The van der Waals surface area contributed by atoms with Crippen molar-refractivity contribution < 1.29 is 5.11 Å². The van der Waals surface area contributed by atoms with Crippen LogP contribution in [0, 0.1) is 5.92 Å². The molecule has 0 aliphatic heterocycles. The third-order valence-electron chi connectivity index (χ3n) is 1.52. The second-order valence-corrected chi connectivity index (χ2v) is 4.74. The Morgan fingerprint density at radius 3 is 1.90 bits per heavy atom. The van der Waals surface area contributed by atoms with Crippen molar-refractivity contribution in [2.75, 3.05) is 0 Å². The molecule has 4 heteroatoms. The summed E-state index contributed by atoms with van der Waals surface area (Å²) in [6.07, 6.45) is -0.0720. The molecule has 0 saturated carbocycles. The molecule has 2 unspecified atom stereocenters. The summed E-state index contributed by atoms with van der Waals surface area (Å²) in [5.41, 5.74) is 0. The lowest BCUT2D eigenvalue weighted by Gasteiger charge is -2.23. The lowest BCUT2D eigenvalue weighted by atomic mass is 10.0. The van der Waals surface area contributed by atoms with Gasteiger partial charge in [0.05, 0.1) is 0 Å². The van der Waals surface area contributed by atoms with Crippen molar-refractivity contribution in [1.29, 1.82) is 0 Å². The summed E-state index contributed by atoms with van der Waals surface area (Å²) in [4.78, 5) is 0.